The van der Waals surface area contributed by atoms with Crippen molar-refractivity contribution in [1.29, 1.82) is 0 Å². The molecule has 1 aromatic heterocycles. The van der Waals surface area contributed by atoms with Gasteiger partial charge in [0, 0.05) is 17.1 Å². The van der Waals surface area contributed by atoms with Gasteiger partial charge in [-0.3, -0.25) is 4.79 Å². The van der Waals surface area contributed by atoms with E-state index in [0.29, 0.717) is 16.9 Å². The van der Waals surface area contributed by atoms with E-state index >= 15 is 0 Å². The summed E-state index contributed by atoms with van der Waals surface area (Å²) >= 11 is 0. The van der Waals surface area contributed by atoms with Crippen molar-refractivity contribution in [2.24, 2.45) is 5.10 Å². The van der Waals surface area contributed by atoms with Gasteiger partial charge in [0.25, 0.3) is 5.91 Å². The number of aromatic nitrogens is 1. The third-order valence-corrected chi connectivity index (χ3v) is 3.42. The van der Waals surface area contributed by atoms with E-state index in [1.165, 1.54) is 19.4 Å². The second kappa shape index (κ2) is 6.23. The molecule has 23 heavy (non-hydrogen) atoms. The quantitative estimate of drug-likeness (QED) is 0.511. The number of phenols is 1. The summed E-state index contributed by atoms with van der Waals surface area (Å²) in [5.41, 5.74) is 4.53. The standard InChI is InChI=1S/C17H15N3O3/c1-23-16-7-6-11(8-15(16)21)9-19-20-17(22)13-10-18-14-5-3-2-4-12(13)14/h2-10,18,21H,1H3,(H,20,22)/b19-9-. The number of hydrogen-bond acceptors (Lipinski definition) is 4. The number of benzene rings is 2. The van der Waals surface area contributed by atoms with Crippen molar-refractivity contribution in [3.05, 3.63) is 59.8 Å². The lowest BCUT2D eigenvalue weighted by Gasteiger charge is -2.03. The molecule has 1 heterocycles. The normalized spacial score (nSPS) is 11.0. The molecule has 0 bridgehead atoms. The van der Waals surface area contributed by atoms with E-state index in [1.807, 2.05) is 24.3 Å². The lowest BCUT2D eigenvalue weighted by molar-refractivity contribution is 0.0957. The Hall–Kier alpha value is -3.28. The fourth-order valence-corrected chi connectivity index (χ4v) is 2.27. The fraction of sp³-hybridized carbons (Fsp3) is 0.0588. The maximum Gasteiger partial charge on any atom is 0.273 e. The van der Waals surface area contributed by atoms with Gasteiger partial charge in [-0.05, 0) is 29.8 Å². The van der Waals surface area contributed by atoms with Gasteiger partial charge in [-0.15, -0.1) is 0 Å². The Labute approximate surface area is 132 Å². The molecule has 0 aliphatic rings. The minimum absolute atomic E-state index is 0.0133. The maximum atomic E-state index is 12.2. The van der Waals surface area contributed by atoms with Gasteiger partial charge in [0.2, 0.25) is 0 Å². The van der Waals surface area contributed by atoms with Crippen molar-refractivity contribution in [3.63, 3.8) is 0 Å². The molecule has 0 aliphatic heterocycles. The molecule has 2 aromatic carbocycles. The van der Waals surface area contributed by atoms with Gasteiger partial charge in [0.15, 0.2) is 11.5 Å². The number of methoxy groups -OCH3 is 1. The second-order valence-corrected chi connectivity index (χ2v) is 4.88. The summed E-state index contributed by atoms with van der Waals surface area (Å²) in [5, 5.41) is 14.4. The van der Waals surface area contributed by atoms with Crippen LogP contribution in [0.1, 0.15) is 15.9 Å². The monoisotopic (exact) mass is 309 g/mol. The van der Waals surface area contributed by atoms with Gasteiger partial charge >= 0.3 is 0 Å². The van der Waals surface area contributed by atoms with Crippen molar-refractivity contribution in [1.82, 2.24) is 10.4 Å². The minimum Gasteiger partial charge on any atom is -0.504 e. The van der Waals surface area contributed by atoms with E-state index in [0.717, 1.165) is 10.9 Å². The molecule has 3 aromatic rings. The number of fused-ring (bicyclic) bond motifs is 1. The first-order valence-corrected chi connectivity index (χ1v) is 6.95. The van der Waals surface area contributed by atoms with Gasteiger partial charge in [0.05, 0.1) is 18.9 Å². The zero-order chi connectivity index (χ0) is 16.2. The van der Waals surface area contributed by atoms with E-state index in [9.17, 15) is 9.90 Å². The van der Waals surface area contributed by atoms with Crippen molar-refractivity contribution in [2.45, 2.75) is 0 Å². The number of carbonyl (C=O) groups excluding carboxylic acids is 1. The molecule has 0 radical (unpaired) electrons. The zero-order valence-electron chi connectivity index (χ0n) is 12.4. The van der Waals surface area contributed by atoms with E-state index in [2.05, 4.69) is 15.5 Å². The van der Waals surface area contributed by atoms with Gasteiger partial charge < -0.3 is 14.8 Å². The number of aromatic hydroxyl groups is 1. The number of hydrazone groups is 1. The number of nitrogens with zero attached hydrogens (tertiary/aromatic N) is 1. The van der Waals surface area contributed by atoms with Crippen LogP contribution >= 0.6 is 0 Å². The molecule has 3 N–H and O–H groups in total. The Bertz CT molecular complexity index is 884. The summed E-state index contributed by atoms with van der Waals surface area (Å²) in [6.45, 7) is 0. The summed E-state index contributed by atoms with van der Waals surface area (Å²) in [7, 11) is 1.48. The van der Waals surface area contributed by atoms with Crippen LogP contribution in [0.5, 0.6) is 11.5 Å². The minimum atomic E-state index is -0.309. The largest absolute Gasteiger partial charge is 0.504 e. The average molecular weight is 309 g/mol. The average Bonchev–Trinajstić information content (AvgIpc) is 2.99. The molecule has 0 saturated carbocycles. The van der Waals surface area contributed by atoms with Crippen LogP contribution in [0, 0.1) is 0 Å². The van der Waals surface area contributed by atoms with Crippen LogP contribution in [0.3, 0.4) is 0 Å². The van der Waals surface area contributed by atoms with E-state index in [4.69, 9.17) is 4.74 Å². The number of phenolic OH excluding ortho intramolecular Hbond substituents is 1. The summed E-state index contributed by atoms with van der Waals surface area (Å²) in [6, 6.07) is 12.4. The van der Waals surface area contributed by atoms with Gasteiger partial charge in [0.1, 0.15) is 0 Å². The number of hydrogen-bond donors (Lipinski definition) is 3. The van der Waals surface area contributed by atoms with Crippen LogP contribution in [-0.4, -0.2) is 29.3 Å². The molecule has 0 spiro atoms. The number of amides is 1. The molecular formula is C17H15N3O3. The van der Waals surface area contributed by atoms with Crippen LogP contribution in [-0.2, 0) is 0 Å². The highest BCUT2D eigenvalue weighted by Crippen LogP contribution is 2.25. The number of aromatic amines is 1. The van der Waals surface area contributed by atoms with Crippen LogP contribution in [0.4, 0.5) is 0 Å². The molecule has 0 aliphatic carbocycles. The highest BCUT2D eigenvalue weighted by Gasteiger charge is 2.10. The highest BCUT2D eigenvalue weighted by molar-refractivity contribution is 6.06. The lowest BCUT2D eigenvalue weighted by Crippen LogP contribution is -2.17. The SMILES string of the molecule is COc1ccc(/C=N\NC(=O)c2c[nH]c3ccccc23)cc1O. The first kappa shape index (κ1) is 14.6. The Morgan fingerprint density at radius 2 is 2.13 bits per heavy atom. The Balaban J connectivity index is 1.72. The summed E-state index contributed by atoms with van der Waals surface area (Å²) in [5.74, 6) is 0.0841. The van der Waals surface area contributed by atoms with Crippen molar-refractivity contribution in [2.75, 3.05) is 7.11 Å². The lowest BCUT2D eigenvalue weighted by atomic mass is 10.2. The van der Waals surface area contributed by atoms with Crippen LogP contribution < -0.4 is 10.2 Å². The van der Waals surface area contributed by atoms with Crippen LogP contribution in [0.25, 0.3) is 10.9 Å². The molecule has 0 fully saturated rings. The smallest absolute Gasteiger partial charge is 0.273 e. The van der Waals surface area contributed by atoms with Crippen molar-refractivity contribution < 1.29 is 14.6 Å². The van der Waals surface area contributed by atoms with E-state index in [1.54, 1.807) is 18.3 Å². The maximum absolute atomic E-state index is 12.2. The Morgan fingerprint density at radius 3 is 2.91 bits per heavy atom. The number of rotatable bonds is 4. The summed E-state index contributed by atoms with van der Waals surface area (Å²) in [6.07, 6.45) is 3.10. The molecular weight excluding hydrogens is 294 g/mol. The molecule has 6 nitrogen and oxygen atoms in total. The molecule has 6 heteroatoms. The topological polar surface area (TPSA) is 86.7 Å². The predicted molar refractivity (Wildman–Crippen MR) is 88.0 cm³/mol. The molecule has 3 rings (SSSR count). The van der Waals surface area contributed by atoms with Gasteiger partial charge in [-0.1, -0.05) is 18.2 Å². The first-order chi connectivity index (χ1) is 11.2. The summed E-state index contributed by atoms with van der Waals surface area (Å²) < 4.78 is 4.96. The zero-order valence-corrected chi connectivity index (χ0v) is 12.4. The molecule has 116 valence electrons. The number of para-hydroxylation sites is 1. The molecule has 0 atom stereocenters. The van der Waals surface area contributed by atoms with E-state index < -0.39 is 0 Å². The third kappa shape index (κ3) is 3.01. The van der Waals surface area contributed by atoms with Crippen LogP contribution in [0.2, 0.25) is 0 Å². The number of carbonyl (C=O) groups is 1. The van der Waals surface area contributed by atoms with Crippen LogP contribution in [0.15, 0.2) is 53.8 Å². The highest BCUT2D eigenvalue weighted by atomic mass is 16.5. The van der Waals surface area contributed by atoms with Crippen molar-refractivity contribution in [3.8, 4) is 11.5 Å². The van der Waals surface area contributed by atoms with Crippen molar-refractivity contribution >= 4 is 23.0 Å². The third-order valence-electron chi connectivity index (χ3n) is 3.42. The fourth-order valence-electron chi connectivity index (χ4n) is 2.27. The number of H-pyrrole nitrogens is 1. The summed E-state index contributed by atoms with van der Waals surface area (Å²) in [4.78, 5) is 15.2. The molecule has 0 unspecified atom stereocenters. The first-order valence-electron chi connectivity index (χ1n) is 6.95. The number of nitrogens with one attached hydrogen (secondary N) is 2. The molecule has 0 saturated heterocycles. The van der Waals surface area contributed by atoms with E-state index in [-0.39, 0.29) is 11.7 Å². The Morgan fingerprint density at radius 1 is 1.30 bits per heavy atom. The predicted octanol–water partition coefficient (Wildman–Crippen LogP) is 2.65. The molecule has 1 amide bonds. The van der Waals surface area contributed by atoms with Gasteiger partial charge in [-0.2, -0.15) is 5.10 Å². The Kier molecular flexibility index (Phi) is 3.97. The number of ether oxygens (including phenoxy) is 1. The second-order valence-electron chi connectivity index (χ2n) is 4.88. The van der Waals surface area contributed by atoms with Gasteiger partial charge in [-0.25, -0.2) is 5.43 Å².